The molecule has 7 heteroatoms. The molecule has 5 nitrogen and oxygen atoms in total. The van der Waals surface area contributed by atoms with E-state index in [1.165, 1.54) is 11.8 Å². The summed E-state index contributed by atoms with van der Waals surface area (Å²) in [6.07, 6.45) is 0. The van der Waals surface area contributed by atoms with Gasteiger partial charge in [-0.3, -0.25) is 9.36 Å². The summed E-state index contributed by atoms with van der Waals surface area (Å²) in [5, 5.41) is 5.62. The number of aromatic nitrogens is 3. The van der Waals surface area contributed by atoms with Crippen molar-refractivity contribution in [1.29, 1.82) is 0 Å². The lowest BCUT2D eigenvalue weighted by Gasteiger charge is -2.14. The molecule has 2 aromatic heterocycles. The van der Waals surface area contributed by atoms with E-state index in [1.54, 1.807) is 16.7 Å². The van der Waals surface area contributed by atoms with Gasteiger partial charge >= 0.3 is 0 Å². The number of halogens is 1. The minimum absolute atomic E-state index is 0.144. The first-order valence-electron chi connectivity index (χ1n) is 8.37. The van der Waals surface area contributed by atoms with Crippen molar-refractivity contribution in [3.63, 3.8) is 0 Å². The molecule has 0 N–H and O–H groups in total. The van der Waals surface area contributed by atoms with E-state index >= 15 is 0 Å². The maximum Gasteiger partial charge on any atom is 0.266 e. The largest absolute Gasteiger partial charge is 0.361 e. The van der Waals surface area contributed by atoms with Crippen LogP contribution in [0.4, 0.5) is 0 Å². The van der Waals surface area contributed by atoms with Crippen molar-refractivity contribution in [2.75, 3.05) is 0 Å². The van der Waals surface area contributed by atoms with Crippen molar-refractivity contribution in [3.05, 3.63) is 80.9 Å². The van der Waals surface area contributed by atoms with Gasteiger partial charge in [0.15, 0.2) is 5.16 Å². The Labute approximate surface area is 165 Å². The lowest BCUT2D eigenvalue weighted by atomic mass is 10.2. The SMILES string of the molecule is Cc1noc(C)c1CSc1nc2ccccc2c(=O)n1-c1ccccc1Cl. The van der Waals surface area contributed by atoms with Crippen LogP contribution in [0, 0.1) is 13.8 Å². The summed E-state index contributed by atoms with van der Waals surface area (Å²) in [6.45, 7) is 3.78. The number of fused-ring (bicyclic) bond motifs is 1. The lowest BCUT2D eigenvalue weighted by molar-refractivity contribution is 0.392. The molecule has 2 heterocycles. The van der Waals surface area contributed by atoms with Crippen LogP contribution < -0.4 is 5.56 Å². The van der Waals surface area contributed by atoms with Gasteiger partial charge in [0.25, 0.3) is 5.56 Å². The van der Waals surface area contributed by atoms with E-state index in [0.717, 1.165) is 17.0 Å². The molecule has 0 radical (unpaired) electrons. The Morgan fingerprint density at radius 1 is 1.11 bits per heavy atom. The molecule has 0 spiro atoms. The highest BCUT2D eigenvalue weighted by Gasteiger charge is 2.17. The number of hydrogen-bond donors (Lipinski definition) is 0. The first kappa shape index (κ1) is 17.8. The van der Waals surface area contributed by atoms with Gasteiger partial charge in [0, 0.05) is 11.3 Å². The second-order valence-corrected chi connectivity index (χ2v) is 7.44. The first-order valence-corrected chi connectivity index (χ1v) is 9.74. The van der Waals surface area contributed by atoms with Crippen LogP contribution in [-0.4, -0.2) is 14.7 Å². The highest BCUT2D eigenvalue weighted by molar-refractivity contribution is 7.98. The van der Waals surface area contributed by atoms with Crippen molar-refractivity contribution in [2.24, 2.45) is 0 Å². The van der Waals surface area contributed by atoms with Crippen LogP contribution in [0.15, 0.2) is 63.0 Å². The highest BCUT2D eigenvalue weighted by atomic mass is 35.5. The van der Waals surface area contributed by atoms with Gasteiger partial charge in [0.05, 0.1) is 27.3 Å². The van der Waals surface area contributed by atoms with Crippen LogP contribution in [0.25, 0.3) is 16.6 Å². The lowest BCUT2D eigenvalue weighted by Crippen LogP contribution is -2.22. The average Bonchev–Trinajstić information content (AvgIpc) is 2.99. The number of benzene rings is 2. The number of rotatable bonds is 4. The van der Waals surface area contributed by atoms with Crippen LogP contribution >= 0.6 is 23.4 Å². The zero-order chi connectivity index (χ0) is 19.0. The fourth-order valence-corrected chi connectivity index (χ4v) is 4.28. The number of hydrogen-bond acceptors (Lipinski definition) is 5. The summed E-state index contributed by atoms with van der Waals surface area (Å²) in [7, 11) is 0. The van der Waals surface area contributed by atoms with E-state index in [1.807, 2.05) is 50.2 Å². The predicted octanol–water partition coefficient (Wildman–Crippen LogP) is 4.94. The first-order chi connectivity index (χ1) is 13.1. The third-order valence-corrected chi connectivity index (χ3v) is 5.65. The molecule has 0 saturated heterocycles. The minimum atomic E-state index is -0.144. The molecular weight excluding hydrogens is 382 g/mol. The Bertz CT molecular complexity index is 1180. The van der Waals surface area contributed by atoms with Gasteiger partial charge in [-0.1, -0.05) is 52.8 Å². The molecular formula is C20H16ClN3O2S. The van der Waals surface area contributed by atoms with Gasteiger partial charge < -0.3 is 4.52 Å². The molecule has 4 aromatic rings. The monoisotopic (exact) mass is 397 g/mol. The third kappa shape index (κ3) is 3.26. The van der Waals surface area contributed by atoms with Crippen LogP contribution in [0.1, 0.15) is 17.0 Å². The number of aryl methyl sites for hydroxylation is 2. The smallest absolute Gasteiger partial charge is 0.266 e. The van der Waals surface area contributed by atoms with Gasteiger partial charge in [-0.15, -0.1) is 0 Å². The summed E-state index contributed by atoms with van der Waals surface area (Å²) in [5.74, 6) is 1.36. The molecule has 0 unspecified atom stereocenters. The topological polar surface area (TPSA) is 60.9 Å². The average molecular weight is 398 g/mol. The van der Waals surface area contributed by atoms with E-state index in [2.05, 4.69) is 5.16 Å². The minimum Gasteiger partial charge on any atom is -0.361 e. The van der Waals surface area contributed by atoms with Crippen LogP contribution in [0.5, 0.6) is 0 Å². The predicted molar refractivity (Wildman–Crippen MR) is 108 cm³/mol. The number of para-hydroxylation sites is 2. The van der Waals surface area contributed by atoms with Gasteiger partial charge in [-0.05, 0) is 38.1 Å². The zero-order valence-electron chi connectivity index (χ0n) is 14.8. The summed E-state index contributed by atoms with van der Waals surface area (Å²) >= 11 is 7.84. The van der Waals surface area contributed by atoms with Gasteiger partial charge in [0.2, 0.25) is 0 Å². The van der Waals surface area contributed by atoms with E-state index < -0.39 is 0 Å². The van der Waals surface area contributed by atoms with Gasteiger partial charge in [-0.25, -0.2) is 4.98 Å². The van der Waals surface area contributed by atoms with Crippen molar-refractivity contribution in [2.45, 2.75) is 24.8 Å². The maximum atomic E-state index is 13.2. The summed E-state index contributed by atoms with van der Waals surface area (Å²) in [6, 6.07) is 14.6. The Morgan fingerprint density at radius 2 is 1.85 bits per heavy atom. The highest BCUT2D eigenvalue weighted by Crippen LogP contribution is 2.29. The van der Waals surface area contributed by atoms with Crippen LogP contribution in [0.2, 0.25) is 5.02 Å². The van der Waals surface area contributed by atoms with Gasteiger partial charge in [0.1, 0.15) is 5.76 Å². The molecule has 27 heavy (non-hydrogen) atoms. The maximum absolute atomic E-state index is 13.2. The summed E-state index contributed by atoms with van der Waals surface area (Å²) in [4.78, 5) is 17.9. The Hall–Kier alpha value is -2.57. The van der Waals surface area contributed by atoms with E-state index in [9.17, 15) is 4.79 Å². The normalized spacial score (nSPS) is 11.2. The second kappa shape index (κ2) is 7.21. The fourth-order valence-electron chi connectivity index (χ4n) is 2.90. The molecule has 2 aromatic carbocycles. The Morgan fingerprint density at radius 3 is 2.59 bits per heavy atom. The molecule has 4 rings (SSSR count). The van der Waals surface area contributed by atoms with Crippen molar-refractivity contribution >= 4 is 34.3 Å². The number of thioether (sulfide) groups is 1. The second-order valence-electron chi connectivity index (χ2n) is 6.09. The van der Waals surface area contributed by atoms with Crippen LogP contribution in [0.3, 0.4) is 0 Å². The molecule has 0 bridgehead atoms. The van der Waals surface area contributed by atoms with Crippen molar-refractivity contribution in [3.8, 4) is 5.69 Å². The van der Waals surface area contributed by atoms with Crippen molar-refractivity contribution in [1.82, 2.24) is 14.7 Å². The molecule has 0 atom stereocenters. The molecule has 0 aliphatic carbocycles. The Balaban J connectivity index is 1.89. The Kier molecular flexibility index (Phi) is 4.76. The van der Waals surface area contributed by atoms with Crippen molar-refractivity contribution < 1.29 is 4.52 Å². The molecule has 0 amide bonds. The quantitative estimate of drug-likeness (QED) is 0.360. The summed E-state index contributed by atoms with van der Waals surface area (Å²) < 4.78 is 6.82. The van der Waals surface area contributed by atoms with E-state index in [0.29, 0.717) is 32.5 Å². The molecule has 0 aliphatic heterocycles. The van der Waals surface area contributed by atoms with E-state index in [4.69, 9.17) is 21.1 Å². The summed E-state index contributed by atoms with van der Waals surface area (Å²) in [5.41, 5.74) is 2.98. The van der Waals surface area contributed by atoms with Crippen LogP contribution in [-0.2, 0) is 5.75 Å². The zero-order valence-corrected chi connectivity index (χ0v) is 16.3. The third-order valence-electron chi connectivity index (χ3n) is 4.37. The molecule has 0 saturated carbocycles. The molecule has 0 aliphatic rings. The van der Waals surface area contributed by atoms with Gasteiger partial charge in [-0.2, -0.15) is 0 Å². The molecule has 0 fully saturated rings. The molecule has 136 valence electrons. The van der Waals surface area contributed by atoms with E-state index in [-0.39, 0.29) is 5.56 Å². The fraction of sp³-hybridized carbons (Fsp3) is 0.150. The number of nitrogens with zero attached hydrogens (tertiary/aromatic N) is 3. The standard InChI is InChI=1S/C20H16ClN3O2S/c1-12-15(13(2)26-23-12)11-27-20-22-17-9-5-3-7-14(17)19(25)24(20)18-10-6-4-8-16(18)21/h3-10H,11H2,1-2H3.